The molecular formula is C24H32N2O3S. The van der Waals surface area contributed by atoms with Gasteiger partial charge in [0.15, 0.2) is 0 Å². The Bertz CT molecular complexity index is 1000. The monoisotopic (exact) mass is 428 g/mol. The number of rotatable bonds is 7. The predicted octanol–water partition coefficient (Wildman–Crippen LogP) is 4.16. The molecule has 0 saturated heterocycles. The van der Waals surface area contributed by atoms with E-state index in [4.69, 9.17) is 0 Å². The lowest BCUT2D eigenvalue weighted by atomic mass is 9.89. The summed E-state index contributed by atoms with van der Waals surface area (Å²) in [7, 11) is -3.62. The maximum Gasteiger partial charge on any atom is 0.244 e. The van der Waals surface area contributed by atoms with Crippen LogP contribution in [0.4, 0.5) is 5.69 Å². The van der Waals surface area contributed by atoms with Gasteiger partial charge in [0.2, 0.25) is 15.9 Å². The highest BCUT2D eigenvalue weighted by atomic mass is 32.2. The molecule has 5 nitrogen and oxygen atoms in total. The van der Waals surface area contributed by atoms with Gasteiger partial charge in [0.1, 0.15) is 6.04 Å². The molecule has 162 valence electrons. The quantitative estimate of drug-likeness (QED) is 0.720. The maximum atomic E-state index is 13.0. The van der Waals surface area contributed by atoms with Crippen molar-refractivity contribution < 1.29 is 13.2 Å². The molecule has 0 heterocycles. The zero-order valence-electron chi connectivity index (χ0n) is 18.3. The first-order valence-electron chi connectivity index (χ1n) is 10.7. The molecule has 0 unspecified atom stereocenters. The molecule has 0 fully saturated rings. The van der Waals surface area contributed by atoms with Gasteiger partial charge in [-0.25, -0.2) is 8.42 Å². The van der Waals surface area contributed by atoms with Crippen molar-refractivity contribution in [3.05, 3.63) is 64.7 Å². The standard InChI is InChI=1S/C24H32N2O3S/c1-5-19-10-14-23(15-11-19)26(30(4,28)29)18(3)24(27)25-17(2)21-13-12-20-8-6-7-9-22(20)16-21/h10-18H,5-9H2,1-4H3,(H,25,27)/t17-,18-/m1/s1. The lowest BCUT2D eigenvalue weighted by Gasteiger charge is -2.29. The Morgan fingerprint density at radius 3 is 2.27 bits per heavy atom. The molecule has 0 saturated carbocycles. The van der Waals surface area contributed by atoms with Crippen LogP contribution in [0, 0.1) is 0 Å². The summed E-state index contributed by atoms with van der Waals surface area (Å²) in [6, 6.07) is 12.7. The summed E-state index contributed by atoms with van der Waals surface area (Å²) in [4.78, 5) is 13.0. The van der Waals surface area contributed by atoms with E-state index in [1.54, 1.807) is 19.1 Å². The minimum atomic E-state index is -3.62. The van der Waals surface area contributed by atoms with Gasteiger partial charge in [-0.05, 0) is 80.3 Å². The number of sulfonamides is 1. The van der Waals surface area contributed by atoms with Crippen molar-refractivity contribution >= 4 is 21.6 Å². The van der Waals surface area contributed by atoms with Crippen LogP contribution < -0.4 is 9.62 Å². The minimum absolute atomic E-state index is 0.198. The molecule has 2 atom stereocenters. The lowest BCUT2D eigenvalue weighted by Crippen LogP contribution is -2.48. The minimum Gasteiger partial charge on any atom is -0.348 e. The van der Waals surface area contributed by atoms with Gasteiger partial charge in [-0.15, -0.1) is 0 Å². The van der Waals surface area contributed by atoms with Gasteiger partial charge in [0, 0.05) is 0 Å². The van der Waals surface area contributed by atoms with Gasteiger partial charge in [0.05, 0.1) is 18.0 Å². The largest absolute Gasteiger partial charge is 0.348 e. The first-order valence-corrected chi connectivity index (χ1v) is 12.6. The van der Waals surface area contributed by atoms with E-state index in [1.165, 1.54) is 28.3 Å². The molecule has 0 aliphatic heterocycles. The average Bonchev–Trinajstić information content (AvgIpc) is 2.72. The van der Waals surface area contributed by atoms with Crippen LogP contribution in [0.25, 0.3) is 0 Å². The normalized spacial score (nSPS) is 15.7. The Morgan fingerprint density at radius 1 is 1.03 bits per heavy atom. The Kier molecular flexibility index (Phi) is 6.86. The Labute approximate surface area is 180 Å². The number of hydrogen-bond acceptors (Lipinski definition) is 3. The molecule has 0 bridgehead atoms. The number of carbonyl (C=O) groups excluding carboxylic acids is 1. The van der Waals surface area contributed by atoms with Gasteiger partial charge < -0.3 is 5.32 Å². The highest BCUT2D eigenvalue weighted by Gasteiger charge is 2.30. The second-order valence-corrected chi connectivity index (χ2v) is 10.1. The topological polar surface area (TPSA) is 66.5 Å². The summed E-state index contributed by atoms with van der Waals surface area (Å²) in [5, 5.41) is 3.00. The van der Waals surface area contributed by atoms with Crippen molar-refractivity contribution in [2.45, 2.75) is 65.0 Å². The fourth-order valence-electron chi connectivity index (χ4n) is 4.13. The summed E-state index contributed by atoms with van der Waals surface area (Å²) in [6.45, 7) is 5.61. The molecule has 30 heavy (non-hydrogen) atoms. The van der Waals surface area contributed by atoms with Crippen LogP contribution in [-0.2, 0) is 34.1 Å². The fourth-order valence-corrected chi connectivity index (χ4v) is 5.30. The second kappa shape index (κ2) is 9.21. The molecule has 1 aliphatic rings. The number of anilines is 1. The van der Waals surface area contributed by atoms with E-state index in [0.29, 0.717) is 5.69 Å². The maximum absolute atomic E-state index is 13.0. The van der Waals surface area contributed by atoms with Crippen LogP contribution >= 0.6 is 0 Å². The van der Waals surface area contributed by atoms with Gasteiger partial charge in [-0.3, -0.25) is 9.10 Å². The summed E-state index contributed by atoms with van der Waals surface area (Å²) < 4.78 is 26.2. The number of fused-ring (bicyclic) bond motifs is 1. The molecular weight excluding hydrogens is 396 g/mol. The van der Waals surface area contributed by atoms with Gasteiger partial charge in [0.25, 0.3) is 0 Å². The van der Waals surface area contributed by atoms with E-state index in [9.17, 15) is 13.2 Å². The molecule has 1 amide bonds. The molecule has 6 heteroatoms. The first kappa shape index (κ1) is 22.3. The third kappa shape index (κ3) is 5.04. The molecule has 3 rings (SSSR count). The number of aryl methyl sites for hydroxylation is 3. The third-order valence-corrected chi connectivity index (χ3v) is 7.16. The molecule has 1 N–H and O–H groups in total. The van der Waals surface area contributed by atoms with E-state index < -0.39 is 16.1 Å². The Morgan fingerprint density at radius 2 is 1.67 bits per heavy atom. The third-order valence-electron chi connectivity index (χ3n) is 5.92. The van der Waals surface area contributed by atoms with Crippen molar-refractivity contribution in [1.29, 1.82) is 0 Å². The zero-order chi connectivity index (χ0) is 21.9. The van der Waals surface area contributed by atoms with E-state index in [2.05, 4.69) is 23.5 Å². The highest BCUT2D eigenvalue weighted by molar-refractivity contribution is 7.92. The fraction of sp³-hybridized carbons (Fsp3) is 0.458. The molecule has 0 radical (unpaired) electrons. The average molecular weight is 429 g/mol. The van der Waals surface area contributed by atoms with Crippen molar-refractivity contribution in [2.75, 3.05) is 10.6 Å². The second-order valence-electron chi connectivity index (χ2n) is 8.22. The molecule has 1 aliphatic carbocycles. The zero-order valence-corrected chi connectivity index (χ0v) is 19.1. The van der Waals surface area contributed by atoms with Gasteiger partial charge in [-0.2, -0.15) is 0 Å². The number of carbonyl (C=O) groups is 1. The molecule has 2 aromatic carbocycles. The van der Waals surface area contributed by atoms with Gasteiger partial charge >= 0.3 is 0 Å². The molecule has 0 aromatic heterocycles. The van der Waals surface area contributed by atoms with Crippen LogP contribution in [0.15, 0.2) is 42.5 Å². The summed E-state index contributed by atoms with van der Waals surface area (Å²) in [6.07, 6.45) is 6.64. The molecule has 0 spiro atoms. The van der Waals surface area contributed by atoms with E-state index in [-0.39, 0.29) is 11.9 Å². The number of benzene rings is 2. The van der Waals surface area contributed by atoms with Gasteiger partial charge in [-0.1, -0.05) is 37.3 Å². The summed E-state index contributed by atoms with van der Waals surface area (Å²) in [5.74, 6) is -0.315. The van der Waals surface area contributed by atoms with E-state index >= 15 is 0 Å². The Balaban J connectivity index is 1.77. The van der Waals surface area contributed by atoms with Crippen molar-refractivity contribution in [1.82, 2.24) is 5.32 Å². The van der Waals surface area contributed by atoms with Crippen LogP contribution in [0.2, 0.25) is 0 Å². The van der Waals surface area contributed by atoms with Crippen LogP contribution in [-0.4, -0.2) is 26.6 Å². The Hall–Kier alpha value is -2.34. The van der Waals surface area contributed by atoms with Crippen LogP contribution in [0.1, 0.15) is 61.9 Å². The molecule has 2 aromatic rings. The van der Waals surface area contributed by atoms with E-state index in [1.807, 2.05) is 26.0 Å². The van der Waals surface area contributed by atoms with E-state index in [0.717, 1.165) is 36.6 Å². The highest BCUT2D eigenvalue weighted by Crippen LogP contribution is 2.26. The SMILES string of the molecule is CCc1ccc(N([C@H](C)C(=O)N[C@H](C)c2ccc3c(c2)CCCC3)S(C)(=O)=O)cc1. The smallest absolute Gasteiger partial charge is 0.244 e. The predicted molar refractivity (Wildman–Crippen MR) is 122 cm³/mol. The number of nitrogens with one attached hydrogen (secondary N) is 1. The van der Waals surface area contributed by atoms with Crippen LogP contribution in [0.5, 0.6) is 0 Å². The lowest BCUT2D eigenvalue weighted by molar-refractivity contribution is -0.122. The van der Waals surface area contributed by atoms with Crippen molar-refractivity contribution in [3.8, 4) is 0 Å². The summed E-state index contributed by atoms with van der Waals surface area (Å²) >= 11 is 0. The summed E-state index contributed by atoms with van der Waals surface area (Å²) in [5.41, 5.74) is 5.43. The van der Waals surface area contributed by atoms with Crippen LogP contribution in [0.3, 0.4) is 0 Å². The van der Waals surface area contributed by atoms with Crippen molar-refractivity contribution in [3.63, 3.8) is 0 Å². The van der Waals surface area contributed by atoms with Crippen molar-refractivity contribution in [2.24, 2.45) is 0 Å². The number of amides is 1. The first-order chi connectivity index (χ1) is 14.2. The number of hydrogen-bond donors (Lipinski definition) is 1. The number of nitrogens with zero attached hydrogens (tertiary/aromatic N) is 1.